The zero-order chi connectivity index (χ0) is 9.26. The first-order chi connectivity index (χ1) is 6.31. The van der Waals surface area contributed by atoms with E-state index in [-0.39, 0.29) is 5.92 Å². The summed E-state index contributed by atoms with van der Waals surface area (Å²) in [5.74, 6) is -0.0672. The lowest BCUT2D eigenvalue weighted by Gasteiger charge is -2.26. The lowest BCUT2D eigenvalue weighted by atomic mass is 9.92. The summed E-state index contributed by atoms with van der Waals surface area (Å²) in [6.45, 7) is 1.34. The van der Waals surface area contributed by atoms with E-state index in [1.807, 2.05) is 24.3 Å². The van der Waals surface area contributed by atoms with E-state index < -0.39 is 0 Å². The third kappa shape index (κ3) is 1.60. The average molecular weight is 196 g/mol. The molecule has 1 aromatic rings. The second kappa shape index (κ2) is 3.48. The van der Waals surface area contributed by atoms with Crippen LogP contribution in [0.25, 0.3) is 0 Å². The molecule has 1 aliphatic heterocycles. The second-order valence-electron chi connectivity index (χ2n) is 3.24. The molecule has 0 spiro atoms. The summed E-state index contributed by atoms with van der Waals surface area (Å²) >= 11 is 5.89. The number of halogens is 1. The Hall–Kier alpha value is -0.860. The van der Waals surface area contributed by atoms with Gasteiger partial charge in [0.05, 0.1) is 5.92 Å². The summed E-state index contributed by atoms with van der Waals surface area (Å²) < 4.78 is 1.65. The van der Waals surface area contributed by atoms with Gasteiger partial charge in [-0.05, 0) is 22.9 Å². The summed E-state index contributed by atoms with van der Waals surface area (Å²) in [4.78, 5) is 10.8. The molecule has 0 N–H and O–H groups in total. The lowest BCUT2D eigenvalue weighted by Crippen LogP contribution is -2.27. The maximum atomic E-state index is 10.8. The standard InChI is InChI=1S/C10H10ClNO/c11-12-5-8-3-1-2-4-10(8)9(6-12)7-13/h1-4,7,9H,5-6H2. The van der Waals surface area contributed by atoms with E-state index in [1.165, 1.54) is 0 Å². The highest BCUT2D eigenvalue weighted by atomic mass is 35.5. The van der Waals surface area contributed by atoms with Crippen LogP contribution in [0.1, 0.15) is 17.0 Å². The SMILES string of the molecule is O=CC1CN(Cl)Cc2ccccc21. The maximum Gasteiger partial charge on any atom is 0.128 e. The van der Waals surface area contributed by atoms with Crippen molar-refractivity contribution < 1.29 is 4.79 Å². The molecular formula is C10H10ClNO. The molecule has 0 bridgehead atoms. The van der Waals surface area contributed by atoms with Gasteiger partial charge >= 0.3 is 0 Å². The third-order valence-corrected chi connectivity index (χ3v) is 2.61. The molecule has 0 saturated heterocycles. The predicted octanol–water partition coefficient (Wildman–Crippen LogP) is 1.94. The van der Waals surface area contributed by atoms with E-state index in [1.54, 1.807) is 4.42 Å². The van der Waals surface area contributed by atoms with Crippen LogP contribution in [0.3, 0.4) is 0 Å². The Kier molecular flexibility index (Phi) is 2.34. The van der Waals surface area contributed by atoms with Crippen LogP contribution in [-0.2, 0) is 11.3 Å². The van der Waals surface area contributed by atoms with Crippen molar-refractivity contribution in [2.75, 3.05) is 6.54 Å². The summed E-state index contributed by atoms with van der Waals surface area (Å²) in [6.07, 6.45) is 0.966. The quantitative estimate of drug-likeness (QED) is 0.504. The molecule has 13 heavy (non-hydrogen) atoms. The van der Waals surface area contributed by atoms with Gasteiger partial charge in [0.2, 0.25) is 0 Å². The molecule has 1 unspecified atom stereocenters. The van der Waals surface area contributed by atoms with Crippen LogP contribution in [0.2, 0.25) is 0 Å². The van der Waals surface area contributed by atoms with Crippen molar-refractivity contribution >= 4 is 18.1 Å². The van der Waals surface area contributed by atoms with Gasteiger partial charge in [-0.2, -0.15) is 0 Å². The highest BCUT2D eigenvalue weighted by Gasteiger charge is 2.23. The molecule has 1 heterocycles. The fraction of sp³-hybridized carbons (Fsp3) is 0.300. The molecule has 0 aliphatic carbocycles. The summed E-state index contributed by atoms with van der Waals surface area (Å²) in [5, 5.41) is 0. The van der Waals surface area contributed by atoms with E-state index in [2.05, 4.69) is 0 Å². The fourth-order valence-corrected chi connectivity index (χ4v) is 1.99. The molecule has 0 radical (unpaired) electrons. The first-order valence-corrected chi connectivity index (χ1v) is 4.59. The van der Waals surface area contributed by atoms with Crippen molar-refractivity contribution in [2.45, 2.75) is 12.5 Å². The number of rotatable bonds is 1. The van der Waals surface area contributed by atoms with E-state index in [0.717, 1.165) is 24.0 Å². The van der Waals surface area contributed by atoms with Gasteiger partial charge in [0.1, 0.15) is 6.29 Å². The first kappa shape index (κ1) is 8.73. The van der Waals surface area contributed by atoms with Crippen molar-refractivity contribution in [1.29, 1.82) is 0 Å². The molecule has 0 aromatic heterocycles. The van der Waals surface area contributed by atoms with Gasteiger partial charge < -0.3 is 4.79 Å². The molecule has 68 valence electrons. The summed E-state index contributed by atoms with van der Waals surface area (Å²) in [6, 6.07) is 7.94. The van der Waals surface area contributed by atoms with Crippen LogP contribution in [0.5, 0.6) is 0 Å². The lowest BCUT2D eigenvalue weighted by molar-refractivity contribution is -0.109. The van der Waals surface area contributed by atoms with Crippen molar-refractivity contribution in [3.8, 4) is 0 Å². The molecule has 1 atom stereocenters. The van der Waals surface area contributed by atoms with Gasteiger partial charge in [0.15, 0.2) is 0 Å². The Balaban J connectivity index is 2.42. The van der Waals surface area contributed by atoms with Crippen molar-refractivity contribution in [1.82, 2.24) is 4.42 Å². The average Bonchev–Trinajstić information content (AvgIpc) is 2.16. The van der Waals surface area contributed by atoms with E-state index >= 15 is 0 Å². The highest BCUT2D eigenvalue weighted by molar-refractivity contribution is 6.13. The third-order valence-electron chi connectivity index (χ3n) is 2.36. The van der Waals surface area contributed by atoms with Crippen LogP contribution >= 0.6 is 11.8 Å². The number of carbonyl (C=O) groups is 1. The Morgan fingerprint density at radius 1 is 1.46 bits per heavy atom. The molecule has 2 rings (SSSR count). The van der Waals surface area contributed by atoms with Gasteiger partial charge in [0.25, 0.3) is 0 Å². The Morgan fingerprint density at radius 3 is 3.00 bits per heavy atom. The van der Waals surface area contributed by atoms with Crippen LogP contribution in [0, 0.1) is 0 Å². The van der Waals surface area contributed by atoms with E-state index in [9.17, 15) is 4.79 Å². The minimum absolute atomic E-state index is 0.0672. The van der Waals surface area contributed by atoms with Crippen LogP contribution in [0.4, 0.5) is 0 Å². The molecular weight excluding hydrogens is 186 g/mol. The molecule has 0 amide bonds. The zero-order valence-electron chi connectivity index (χ0n) is 7.11. The maximum absolute atomic E-state index is 10.8. The summed E-state index contributed by atoms with van der Waals surface area (Å²) in [5.41, 5.74) is 2.27. The summed E-state index contributed by atoms with van der Waals surface area (Å²) in [7, 11) is 0. The molecule has 3 heteroatoms. The number of benzene rings is 1. The minimum atomic E-state index is -0.0672. The predicted molar refractivity (Wildman–Crippen MR) is 51.5 cm³/mol. The Morgan fingerprint density at radius 2 is 2.23 bits per heavy atom. The topological polar surface area (TPSA) is 20.3 Å². The van der Waals surface area contributed by atoms with Gasteiger partial charge in [-0.1, -0.05) is 24.3 Å². The van der Waals surface area contributed by atoms with Crippen molar-refractivity contribution in [2.24, 2.45) is 0 Å². The number of aldehydes is 1. The van der Waals surface area contributed by atoms with Crippen LogP contribution < -0.4 is 0 Å². The van der Waals surface area contributed by atoms with E-state index in [4.69, 9.17) is 11.8 Å². The molecule has 0 saturated carbocycles. The van der Waals surface area contributed by atoms with Crippen LogP contribution in [-0.4, -0.2) is 17.2 Å². The number of carbonyl (C=O) groups excluding carboxylic acids is 1. The number of hydrogen-bond donors (Lipinski definition) is 0. The number of fused-ring (bicyclic) bond motifs is 1. The van der Waals surface area contributed by atoms with E-state index in [0.29, 0.717) is 6.54 Å². The van der Waals surface area contributed by atoms with Gasteiger partial charge in [-0.3, -0.25) is 0 Å². The largest absolute Gasteiger partial charge is 0.303 e. The normalized spacial score (nSPS) is 22.4. The minimum Gasteiger partial charge on any atom is -0.303 e. The smallest absolute Gasteiger partial charge is 0.128 e. The molecule has 2 nitrogen and oxygen atoms in total. The van der Waals surface area contributed by atoms with Crippen molar-refractivity contribution in [3.63, 3.8) is 0 Å². The molecule has 0 fully saturated rings. The number of nitrogens with zero attached hydrogens (tertiary/aromatic N) is 1. The van der Waals surface area contributed by atoms with Crippen molar-refractivity contribution in [3.05, 3.63) is 35.4 Å². The van der Waals surface area contributed by atoms with Gasteiger partial charge in [-0.15, -0.1) is 0 Å². The van der Waals surface area contributed by atoms with Crippen LogP contribution in [0.15, 0.2) is 24.3 Å². The Bertz CT molecular complexity index is 326. The molecule has 1 aliphatic rings. The molecule has 1 aromatic carbocycles. The monoisotopic (exact) mass is 195 g/mol. The van der Waals surface area contributed by atoms with Gasteiger partial charge in [0, 0.05) is 13.1 Å². The number of hydrogen-bond acceptors (Lipinski definition) is 2. The van der Waals surface area contributed by atoms with Gasteiger partial charge in [-0.25, -0.2) is 4.42 Å². The zero-order valence-corrected chi connectivity index (χ0v) is 7.87. The highest BCUT2D eigenvalue weighted by Crippen LogP contribution is 2.27. The fourth-order valence-electron chi connectivity index (χ4n) is 1.72. The Labute approximate surface area is 82.2 Å². The first-order valence-electron chi connectivity index (χ1n) is 4.25. The second-order valence-corrected chi connectivity index (χ2v) is 3.72.